The molecule has 4 aromatic rings. The molecular formula is C19H16FN5. The van der Waals surface area contributed by atoms with Gasteiger partial charge in [-0.1, -0.05) is 6.07 Å². The Morgan fingerprint density at radius 3 is 2.76 bits per heavy atom. The summed E-state index contributed by atoms with van der Waals surface area (Å²) in [5.74, 6) is -0.289. The molecule has 0 saturated heterocycles. The Balaban J connectivity index is 1.83. The van der Waals surface area contributed by atoms with E-state index < -0.39 is 0 Å². The number of rotatable bonds is 3. The fourth-order valence-corrected chi connectivity index (χ4v) is 2.84. The van der Waals surface area contributed by atoms with Crippen LogP contribution in [0.1, 0.15) is 5.69 Å². The van der Waals surface area contributed by atoms with Crippen molar-refractivity contribution in [2.75, 3.05) is 0 Å². The molecule has 3 aromatic heterocycles. The predicted molar refractivity (Wildman–Crippen MR) is 94.2 cm³/mol. The van der Waals surface area contributed by atoms with Crippen LogP contribution in [0.4, 0.5) is 4.39 Å². The number of pyridine rings is 1. The Bertz CT molecular complexity index is 1050. The summed E-state index contributed by atoms with van der Waals surface area (Å²) < 4.78 is 16.0. The van der Waals surface area contributed by atoms with Crippen LogP contribution in [-0.4, -0.2) is 24.7 Å². The van der Waals surface area contributed by atoms with Gasteiger partial charge in [0.15, 0.2) is 0 Å². The van der Waals surface area contributed by atoms with Crippen molar-refractivity contribution in [3.8, 4) is 33.8 Å². The molecule has 3 heterocycles. The summed E-state index contributed by atoms with van der Waals surface area (Å²) in [6.07, 6.45) is 5.06. The van der Waals surface area contributed by atoms with E-state index in [4.69, 9.17) is 0 Å². The van der Waals surface area contributed by atoms with Crippen LogP contribution in [0.25, 0.3) is 33.8 Å². The summed E-state index contributed by atoms with van der Waals surface area (Å²) in [7, 11) is 1.81. The molecule has 0 bridgehead atoms. The van der Waals surface area contributed by atoms with Crippen molar-refractivity contribution in [1.29, 1.82) is 0 Å². The number of aromatic amines is 1. The number of hydrogen-bond donors (Lipinski definition) is 1. The zero-order valence-electron chi connectivity index (χ0n) is 13.9. The summed E-state index contributed by atoms with van der Waals surface area (Å²) in [4.78, 5) is 12.1. The fraction of sp³-hybridized carbons (Fsp3) is 0.105. The number of hydrogen-bond acceptors (Lipinski definition) is 3. The minimum atomic E-state index is -0.289. The third kappa shape index (κ3) is 2.82. The first-order valence-corrected chi connectivity index (χ1v) is 7.88. The first kappa shape index (κ1) is 15.3. The molecule has 0 amide bonds. The van der Waals surface area contributed by atoms with Crippen LogP contribution >= 0.6 is 0 Å². The summed E-state index contributed by atoms with van der Waals surface area (Å²) in [5.41, 5.74) is 5.33. The molecule has 1 aromatic carbocycles. The van der Waals surface area contributed by atoms with Crippen molar-refractivity contribution in [2.45, 2.75) is 6.92 Å². The Kier molecular flexibility index (Phi) is 3.65. The Labute approximate surface area is 144 Å². The highest BCUT2D eigenvalue weighted by Crippen LogP contribution is 2.32. The lowest BCUT2D eigenvalue weighted by molar-refractivity contribution is 0.631. The van der Waals surface area contributed by atoms with Gasteiger partial charge < -0.3 is 4.98 Å². The van der Waals surface area contributed by atoms with Gasteiger partial charge in [-0.15, -0.1) is 0 Å². The highest BCUT2D eigenvalue weighted by atomic mass is 19.1. The number of benzene rings is 1. The molecule has 25 heavy (non-hydrogen) atoms. The van der Waals surface area contributed by atoms with Gasteiger partial charge in [-0.3, -0.25) is 9.67 Å². The number of imidazole rings is 1. The van der Waals surface area contributed by atoms with Crippen molar-refractivity contribution in [3.63, 3.8) is 0 Å². The third-order valence-corrected chi connectivity index (χ3v) is 4.04. The van der Waals surface area contributed by atoms with Gasteiger partial charge in [0.2, 0.25) is 0 Å². The third-order valence-electron chi connectivity index (χ3n) is 4.04. The van der Waals surface area contributed by atoms with Gasteiger partial charge in [0, 0.05) is 35.6 Å². The van der Waals surface area contributed by atoms with Crippen LogP contribution in [0.15, 0.2) is 55.1 Å². The molecule has 0 saturated carbocycles. The molecule has 124 valence electrons. The summed E-state index contributed by atoms with van der Waals surface area (Å²) in [6, 6.07) is 10.8. The van der Waals surface area contributed by atoms with Crippen LogP contribution in [0.5, 0.6) is 0 Å². The van der Waals surface area contributed by atoms with Crippen molar-refractivity contribution in [1.82, 2.24) is 24.7 Å². The van der Waals surface area contributed by atoms with Gasteiger partial charge in [-0.25, -0.2) is 9.37 Å². The quantitative estimate of drug-likeness (QED) is 0.617. The van der Waals surface area contributed by atoms with Crippen LogP contribution in [-0.2, 0) is 7.05 Å². The molecule has 1 N–H and O–H groups in total. The molecule has 0 fully saturated rings. The average molecular weight is 333 g/mol. The molecule has 0 atom stereocenters. The van der Waals surface area contributed by atoms with E-state index in [0.29, 0.717) is 5.56 Å². The molecule has 0 radical (unpaired) electrons. The Hall–Kier alpha value is -3.28. The van der Waals surface area contributed by atoms with E-state index in [2.05, 4.69) is 20.1 Å². The number of nitrogens with zero attached hydrogens (tertiary/aromatic N) is 4. The molecule has 0 aliphatic carbocycles. The largest absolute Gasteiger partial charge is 0.343 e. The second-order valence-corrected chi connectivity index (χ2v) is 5.89. The molecule has 0 aliphatic rings. The highest BCUT2D eigenvalue weighted by Gasteiger charge is 2.15. The van der Waals surface area contributed by atoms with Crippen LogP contribution in [0.2, 0.25) is 0 Å². The van der Waals surface area contributed by atoms with Gasteiger partial charge in [-0.2, -0.15) is 5.10 Å². The normalized spacial score (nSPS) is 11.0. The number of aromatic nitrogens is 5. The summed E-state index contributed by atoms with van der Waals surface area (Å²) in [5, 5.41) is 4.12. The highest BCUT2D eigenvalue weighted by molar-refractivity contribution is 5.79. The lowest BCUT2D eigenvalue weighted by atomic mass is 10.0. The lowest BCUT2D eigenvalue weighted by Crippen LogP contribution is -1.91. The minimum absolute atomic E-state index is 0.289. The summed E-state index contributed by atoms with van der Waals surface area (Å²) in [6.45, 7) is 1.94. The molecule has 4 rings (SSSR count). The average Bonchev–Trinajstić information content (AvgIpc) is 3.24. The molecular weight excluding hydrogens is 317 g/mol. The van der Waals surface area contributed by atoms with Crippen LogP contribution in [0.3, 0.4) is 0 Å². The predicted octanol–water partition coefficient (Wildman–Crippen LogP) is 3.99. The van der Waals surface area contributed by atoms with Crippen molar-refractivity contribution in [3.05, 3.63) is 66.6 Å². The lowest BCUT2D eigenvalue weighted by Gasteiger charge is -2.06. The fourth-order valence-electron chi connectivity index (χ4n) is 2.84. The Morgan fingerprint density at radius 1 is 1.12 bits per heavy atom. The zero-order valence-corrected chi connectivity index (χ0v) is 13.9. The smallest absolute Gasteiger partial charge is 0.131 e. The topological polar surface area (TPSA) is 59.4 Å². The maximum Gasteiger partial charge on any atom is 0.131 e. The van der Waals surface area contributed by atoms with Crippen LogP contribution in [0, 0.1) is 12.7 Å². The van der Waals surface area contributed by atoms with E-state index in [1.807, 2.05) is 25.1 Å². The van der Waals surface area contributed by atoms with E-state index in [1.54, 1.807) is 42.6 Å². The first-order valence-electron chi connectivity index (χ1n) is 7.88. The van der Waals surface area contributed by atoms with E-state index in [0.717, 1.165) is 33.9 Å². The zero-order chi connectivity index (χ0) is 17.4. The van der Waals surface area contributed by atoms with Gasteiger partial charge in [0.1, 0.15) is 5.82 Å². The number of aryl methyl sites for hydroxylation is 2. The molecule has 0 unspecified atom stereocenters. The SMILES string of the molecule is Cc1cccc(-c2[nH]cnc2-c2ccc(F)c(-c3cnn(C)c3)c2)n1. The molecule has 5 nitrogen and oxygen atoms in total. The number of nitrogens with one attached hydrogen (secondary N) is 1. The monoisotopic (exact) mass is 333 g/mol. The molecule has 0 aliphatic heterocycles. The number of H-pyrrole nitrogens is 1. The van der Waals surface area contributed by atoms with Gasteiger partial charge >= 0.3 is 0 Å². The van der Waals surface area contributed by atoms with E-state index >= 15 is 0 Å². The van der Waals surface area contributed by atoms with Gasteiger partial charge in [-0.05, 0) is 37.3 Å². The molecule has 6 heteroatoms. The van der Waals surface area contributed by atoms with Crippen molar-refractivity contribution < 1.29 is 4.39 Å². The first-order chi connectivity index (χ1) is 12.1. The van der Waals surface area contributed by atoms with Gasteiger partial charge in [0.25, 0.3) is 0 Å². The van der Waals surface area contributed by atoms with E-state index in [9.17, 15) is 4.39 Å². The standard InChI is InChI=1S/C19H16FN5/c1-12-4-3-5-17(24-12)19-18(21-11-22-19)13-6-7-16(20)15(8-13)14-9-23-25(2)10-14/h3-11H,1-2H3,(H,21,22). The summed E-state index contributed by atoms with van der Waals surface area (Å²) >= 11 is 0. The van der Waals surface area contributed by atoms with E-state index in [1.165, 1.54) is 6.07 Å². The van der Waals surface area contributed by atoms with Crippen LogP contribution < -0.4 is 0 Å². The Morgan fingerprint density at radius 2 is 2.00 bits per heavy atom. The van der Waals surface area contributed by atoms with Crippen molar-refractivity contribution in [2.24, 2.45) is 7.05 Å². The van der Waals surface area contributed by atoms with Crippen molar-refractivity contribution >= 4 is 0 Å². The molecule has 0 spiro atoms. The second-order valence-electron chi connectivity index (χ2n) is 5.89. The maximum absolute atomic E-state index is 14.3. The maximum atomic E-state index is 14.3. The van der Waals surface area contributed by atoms with Gasteiger partial charge in [0.05, 0.1) is 29.6 Å². The van der Waals surface area contributed by atoms with E-state index in [-0.39, 0.29) is 5.82 Å². The minimum Gasteiger partial charge on any atom is -0.343 e. The second kappa shape index (κ2) is 5.98. The number of halogens is 1.